The Kier molecular flexibility index (Phi) is 7.63. The molecule has 2 aliphatic rings. The topological polar surface area (TPSA) is 99.7 Å². The fourth-order valence-corrected chi connectivity index (χ4v) is 7.43. The minimum atomic E-state index is -4.98. The maximum Gasteiger partial charge on any atom is 0.573 e. The first-order valence-corrected chi connectivity index (χ1v) is 15.2. The summed E-state index contributed by atoms with van der Waals surface area (Å²) in [5.74, 6) is -0.739. The molecule has 3 aromatic carbocycles. The average Bonchev–Trinajstić information content (AvgIpc) is 3.53. The molecule has 2 aliphatic carbocycles. The van der Waals surface area contributed by atoms with Crippen molar-refractivity contribution >= 4 is 21.0 Å². The number of nitriles is 2. The normalized spacial score (nSPS) is 13.7. The number of nitrogens with zero attached hydrogens (tertiary/aromatic N) is 4. The molecule has 0 bridgehead atoms. The zero-order valence-corrected chi connectivity index (χ0v) is 24.9. The molecule has 0 saturated heterocycles. The zero-order chi connectivity index (χ0) is 32.8. The predicted octanol–water partition coefficient (Wildman–Crippen LogP) is 5.51. The van der Waals surface area contributed by atoms with Gasteiger partial charge in [-0.1, -0.05) is 42.0 Å². The smallest absolute Gasteiger partial charge is 0.406 e. The van der Waals surface area contributed by atoms with Gasteiger partial charge in [-0.25, -0.2) is 8.42 Å². The van der Waals surface area contributed by atoms with Crippen LogP contribution in [0.15, 0.2) is 76.0 Å². The number of hydrogen-bond acceptors (Lipinski definition) is 5. The summed E-state index contributed by atoms with van der Waals surface area (Å²) in [6, 6.07) is 16.0. The summed E-state index contributed by atoms with van der Waals surface area (Å²) in [5, 5.41) is 20.4. The number of fused-ring (bicyclic) bond motifs is 2. The summed E-state index contributed by atoms with van der Waals surface area (Å²) in [6.45, 7) is 19.0. The van der Waals surface area contributed by atoms with Crippen molar-refractivity contribution in [2.45, 2.75) is 37.9 Å². The van der Waals surface area contributed by atoms with Crippen LogP contribution in [0.1, 0.15) is 33.4 Å². The summed E-state index contributed by atoms with van der Waals surface area (Å²) in [4.78, 5) is 6.81. The Morgan fingerprint density at radius 1 is 0.889 bits per heavy atom. The molecule has 45 heavy (non-hydrogen) atoms. The molecule has 0 fully saturated rings. The van der Waals surface area contributed by atoms with E-state index in [0.717, 1.165) is 24.0 Å². The van der Waals surface area contributed by atoms with Crippen LogP contribution in [-0.4, -0.2) is 21.0 Å². The van der Waals surface area contributed by atoms with Gasteiger partial charge in [0.05, 0.1) is 10.5 Å². The first kappa shape index (κ1) is 30.8. The third-order valence-electron chi connectivity index (χ3n) is 7.78. The molecular weight excluding hydrogens is 601 g/mol. The first-order valence-electron chi connectivity index (χ1n) is 13.3. The number of aryl methyl sites for hydroxylation is 1. The van der Waals surface area contributed by atoms with E-state index in [1.54, 1.807) is 19.1 Å². The number of rotatable bonds is 4. The van der Waals surface area contributed by atoms with E-state index in [1.807, 2.05) is 31.2 Å². The molecule has 3 aromatic rings. The van der Waals surface area contributed by atoms with Crippen LogP contribution in [0.2, 0.25) is 0 Å². The van der Waals surface area contributed by atoms with Crippen LogP contribution in [0.5, 0.6) is 5.75 Å². The summed E-state index contributed by atoms with van der Waals surface area (Å²) >= 11 is 0. The average molecular weight is 623 g/mol. The molecule has 0 N–H and O–H groups in total. The molecule has 0 saturated carbocycles. The van der Waals surface area contributed by atoms with E-state index in [2.05, 4.69) is 14.4 Å². The lowest BCUT2D eigenvalue weighted by atomic mass is 9.94. The molecular formula is C34H21F3N4O3S. The Morgan fingerprint density at radius 2 is 1.47 bits per heavy atom. The van der Waals surface area contributed by atoms with Crippen LogP contribution in [0.4, 0.5) is 13.2 Å². The maximum absolute atomic E-state index is 13.7. The molecule has 0 radical (unpaired) electrons. The third kappa shape index (κ3) is 5.36. The second-order valence-corrected chi connectivity index (χ2v) is 12.5. The number of halogens is 3. The second kappa shape index (κ2) is 11.1. The summed E-state index contributed by atoms with van der Waals surface area (Å²) in [7, 11) is -4.06. The van der Waals surface area contributed by atoms with Crippen LogP contribution in [0.3, 0.4) is 0 Å². The molecule has 0 amide bonds. The molecule has 0 aromatic heterocycles. The number of sulfone groups is 1. The molecule has 222 valence electrons. The molecule has 0 atom stereocenters. The first-order chi connectivity index (χ1) is 21.2. The van der Waals surface area contributed by atoms with Gasteiger partial charge >= 0.3 is 12.2 Å². The van der Waals surface area contributed by atoms with Gasteiger partial charge in [-0.3, -0.25) is 0 Å². The highest BCUT2D eigenvalue weighted by Gasteiger charge is 2.37. The Bertz CT molecular complexity index is 2290. The zero-order valence-electron chi connectivity index (χ0n) is 24.1. The number of allylic oxidation sites excluding steroid dienone is 3. The van der Waals surface area contributed by atoms with Gasteiger partial charge in [0.25, 0.3) is 0 Å². The highest BCUT2D eigenvalue weighted by molar-refractivity contribution is 7.90. The minimum Gasteiger partial charge on any atom is -0.406 e. The van der Waals surface area contributed by atoms with Crippen LogP contribution in [0, 0.1) is 49.7 Å². The van der Waals surface area contributed by atoms with Gasteiger partial charge in [-0.15, -0.1) is 13.2 Å². The molecule has 0 heterocycles. The van der Waals surface area contributed by atoms with Crippen molar-refractivity contribution in [3.8, 4) is 17.9 Å². The molecule has 5 rings (SSSR count). The summed E-state index contributed by atoms with van der Waals surface area (Å²) in [6.07, 6.45) is -4.06. The predicted molar refractivity (Wildman–Crippen MR) is 159 cm³/mol. The van der Waals surface area contributed by atoms with E-state index in [4.69, 9.17) is 13.1 Å². The van der Waals surface area contributed by atoms with Crippen molar-refractivity contribution in [1.29, 1.82) is 10.5 Å². The van der Waals surface area contributed by atoms with Crippen LogP contribution in [0.25, 0.3) is 20.8 Å². The quantitative estimate of drug-likeness (QED) is 0.282. The number of ether oxygens (including phenoxy) is 1. The van der Waals surface area contributed by atoms with Crippen LogP contribution >= 0.6 is 0 Å². The van der Waals surface area contributed by atoms with Crippen LogP contribution < -0.4 is 15.2 Å². The van der Waals surface area contributed by atoms with Crippen molar-refractivity contribution in [1.82, 2.24) is 0 Å². The van der Waals surface area contributed by atoms with E-state index >= 15 is 0 Å². The van der Waals surface area contributed by atoms with Gasteiger partial charge in [0, 0.05) is 17.9 Å². The fourth-order valence-electron chi connectivity index (χ4n) is 6.21. The van der Waals surface area contributed by atoms with Gasteiger partial charge < -0.3 is 4.74 Å². The molecule has 11 heteroatoms. The molecule has 0 aliphatic heterocycles. The number of benzene rings is 3. The highest BCUT2D eigenvalue weighted by atomic mass is 32.2. The van der Waals surface area contributed by atoms with E-state index in [-0.39, 0.29) is 51.4 Å². The standard InChI is InChI=1S/C34H21F3N4O3S/c1-18-8-6-9-20(12-18)30-27(33(40-3)41-4)14-24-19(2)28-26(32(31(24)30)45(5,42)43)15-25(22(16-38)17-39)29(28)21-10-7-11-23(13-21)44-34(35,36)37/h6-13H,14-15H2,1-2,5H3. The van der Waals surface area contributed by atoms with Crippen molar-refractivity contribution in [3.05, 3.63) is 138 Å². The third-order valence-corrected chi connectivity index (χ3v) is 8.98. The van der Waals surface area contributed by atoms with Gasteiger partial charge in [0.1, 0.15) is 36.6 Å². The largest absolute Gasteiger partial charge is 0.573 e. The Hall–Kier alpha value is -5.62. The second-order valence-electron chi connectivity index (χ2n) is 10.6. The van der Waals surface area contributed by atoms with Crippen molar-refractivity contribution < 1.29 is 26.3 Å². The van der Waals surface area contributed by atoms with Crippen molar-refractivity contribution in [2.24, 2.45) is 0 Å². The molecule has 0 spiro atoms. The fraction of sp³-hybridized carbons (Fsp3) is 0.176. The van der Waals surface area contributed by atoms with E-state index < -0.39 is 21.9 Å². The summed E-state index contributed by atoms with van der Waals surface area (Å²) in [5.41, 5.74) is 3.94. The number of alkyl halides is 3. The number of hydrogen-bond donors (Lipinski definition) is 0. The monoisotopic (exact) mass is 622 g/mol. The minimum absolute atomic E-state index is 0.0489. The lowest BCUT2D eigenvalue weighted by Gasteiger charge is -2.14. The van der Waals surface area contributed by atoms with Crippen molar-refractivity contribution in [3.63, 3.8) is 0 Å². The Balaban J connectivity index is 2.07. The maximum atomic E-state index is 13.7. The lowest BCUT2D eigenvalue weighted by Crippen LogP contribution is -2.29. The van der Waals surface area contributed by atoms with Crippen LogP contribution in [-0.2, 0) is 22.7 Å². The lowest BCUT2D eigenvalue weighted by molar-refractivity contribution is -0.274. The van der Waals surface area contributed by atoms with Gasteiger partial charge in [0.15, 0.2) is 9.84 Å². The summed E-state index contributed by atoms with van der Waals surface area (Å²) < 4.78 is 71.0. The van der Waals surface area contributed by atoms with Gasteiger partial charge in [-0.05, 0) is 82.2 Å². The van der Waals surface area contributed by atoms with E-state index in [9.17, 15) is 32.1 Å². The highest BCUT2D eigenvalue weighted by Crippen LogP contribution is 2.39. The van der Waals surface area contributed by atoms with Gasteiger partial charge in [-0.2, -0.15) is 20.2 Å². The van der Waals surface area contributed by atoms with E-state index in [1.165, 1.54) is 12.1 Å². The molecule has 0 unspecified atom stereocenters. The van der Waals surface area contributed by atoms with E-state index in [0.29, 0.717) is 38.3 Å². The Morgan fingerprint density at radius 3 is 2.02 bits per heavy atom. The SMILES string of the molecule is [C-]#[N+]C([N+]#[C-])=C1Cc2c(C)c3c(c(S(C)(=O)=O)c2=C1c1cccc(C)c1)CC(=C(C#N)C#N)C=3c1cccc(OC(F)(F)F)c1. The molecule has 7 nitrogen and oxygen atoms in total. The van der Waals surface area contributed by atoms with Crippen molar-refractivity contribution in [2.75, 3.05) is 6.26 Å². The van der Waals surface area contributed by atoms with Gasteiger partial charge in [0.2, 0.25) is 0 Å². The Labute approximate surface area is 257 Å².